The van der Waals surface area contributed by atoms with Gasteiger partial charge >= 0.3 is 5.97 Å². The Hall–Kier alpha value is -4.68. The van der Waals surface area contributed by atoms with E-state index in [9.17, 15) is 53.7 Å². The number of carbonyl (C=O) groups excluding carboxylic acids is 7. The second-order valence-electron chi connectivity index (χ2n) is 11.1. The van der Waals surface area contributed by atoms with Gasteiger partial charge in [0.2, 0.25) is 41.4 Å². The van der Waals surface area contributed by atoms with Crippen LogP contribution in [-0.4, -0.2) is 153 Å². The molecule has 0 radical (unpaired) electrons. The quantitative estimate of drug-likeness (QED) is 0.0487. The highest BCUT2D eigenvalue weighted by Gasteiger charge is 2.32. The van der Waals surface area contributed by atoms with Crippen LogP contribution >= 0.6 is 25.3 Å². The Morgan fingerprint density at radius 3 is 1.63 bits per heavy atom. The number of benzene rings is 1. The molecule has 21 nitrogen and oxygen atoms in total. The molecule has 0 aromatic heterocycles. The molecule has 52 heavy (non-hydrogen) atoms. The molecule has 0 aliphatic heterocycles. The van der Waals surface area contributed by atoms with Gasteiger partial charge in [-0.3, -0.25) is 33.6 Å². The van der Waals surface area contributed by atoms with Crippen molar-refractivity contribution in [2.24, 2.45) is 5.73 Å². The van der Waals surface area contributed by atoms with Crippen molar-refractivity contribution in [1.29, 1.82) is 0 Å². The Morgan fingerprint density at radius 2 is 1.13 bits per heavy atom. The smallest absolute Gasteiger partial charge is 0.328 e. The van der Waals surface area contributed by atoms with Crippen molar-refractivity contribution < 1.29 is 63.9 Å². The third kappa shape index (κ3) is 15.7. The molecular weight excluding hydrogens is 732 g/mol. The third-order valence-corrected chi connectivity index (χ3v) is 7.65. The maximum absolute atomic E-state index is 12.9. The molecule has 14 N–H and O–H groups in total. The number of nitrogens with two attached hydrogens (primary N) is 1. The third-order valence-electron chi connectivity index (χ3n) is 6.92. The minimum atomic E-state index is -1.73. The molecule has 0 heterocycles. The second kappa shape index (κ2) is 23.0. The lowest BCUT2D eigenvalue weighted by molar-refractivity contribution is -0.143. The van der Waals surface area contributed by atoms with Crippen LogP contribution in [0.3, 0.4) is 0 Å². The minimum absolute atomic E-state index is 0.0385. The number of carboxylic acid groups (broad SMARTS) is 1. The van der Waals surface area contributed by atoms with Crippen molar-refractivity contribution >= 4 is 72.6 Å². The van der Waals surface area contributed by atoms with E-state index in [1.807, 2.05) is 5.32 Å². The molecule has 7 amide bonds. The lowest BCUT2D eigenvalue weighted by Crippen LogP contribution is -2.61. The van der Waals surface area contributed by atoms with Crippen LogP contribution in [0.2, 0.25) is 0 Å². The lowest BCUT2D eigenvalue weighted by Gasteiger charge is -2.25. The fourth-order valence-corrected chi connectivity index (χ4v) is 4.53. The molecule has 0 spiro atoms. The van der Waals surface area contributed by atoms with E-state index >= 15 is 0 Å². The number of aliphatic hydroxyl groups excluding tert-OH is 3. The van der Waals surface area contributed by atoms with Crippen LogP contribution in [0, 0.1) is 0 Å². The van der Waals surface area contributed by atoms with Gasteiger partial charge in [-0.2, -0.15) is 25.3 Å². The number of thiol groups is 2. The molecule has 7 atom stereocenters. The Balaban J connectivity index is 2.67. The average molecular weight is 777 g/mol. The first kappa shape index (κ1) is 45.3. The zero-order valence-electron chi connectivity index (χ0n) is 27.8. The maximum atomic E-state index is 12.9. The van der Waals surface area contributed by atoms with E-state index in [0.717, 1.165) is 6.92 Å². The first-order chi connectivity index (χ1) is 24.5. The van der Waals surface area contributed by atoms with Crippen LogP contribution in [0.5, 0.6) is 5.75 Å². The van der Waals surface area contributed by atoms with Crippen LogP contribution in [0.1, 0.15) is 12.5 Å². The number of carboxylic acids is 1. The van der Waals surface area contributed by atoms with E-state index in [1.54, 1.807) is 12.1 Å². The van der Waals surface area contributed by atoms with E-state index in [0.29, 0.717) is 5.56 Å². The Kier molecular flexibility index (Phi) is 20.1. The predicted octanol–water partition coefficient (Wildman–Crippen LogP) is -6.77. The van der Waals surface area contributed by atoms with Crippen LogP contribution in [0.25, 0.3) is 0 Å². The van der Waals surface area contributed by atoms with Gasteiger partial charge in [-0.05, 0) is 31.0 Å². The molecule has 0 saturated heterocycles. The number of nitrogens with one attached hydrogen (secondary N) is 7. The molecule has 0 fully saturated rings. The van der Waals surface area contributed by atoms with Crippen molar-refractivity contribution in [3.8, 4) is 5.75 Å². The summed E-state index contributed by atoms with van der Waals surface area (Å²) < 4.78 is 0. The average Bonchev–Trinajstić information content (AvgIpc) is 3.10. The molecular formula is C29H44N8O13S2. The molecule has 1 aromatic carbocycles. The van der Waals surface area contributed by atoms with E-state index in [4.69, 9.17) is 15.9 Å². The van der Waals surface area contributed by atoms with Gasteiger partial charge in [0, 0.05) is 11.5 Å². The Bertz CT molecular complexity index is 1420. The summed E-state index contributed by atoms with van der Waals surface area (Å²) in [5.41, 5.74) is 6.53. The number of hydrogen-bond acceptors (Lipinski definition) is 15. The van der Waals surface area contributed by atoms with Gasteiger partial charge in [0.05, 0.1) is 38.4 Å². The van der Waals surface area contributed by atoms with Crippen LogP contribution in [0.4, 0.5) is 0 Å². The van der Waals surface area contributed by atoms with Gasteiger partial charge in [-0.1, -0.05) is 12.1 Å². The number of rotatable bonds is 22. The summed E-state index contributed by atoms with van der Waals surface area (Å²) in [6, 6.07) is -2.88. The monoisotopic (exact) mass is 776 g/mol. The summed E-state index contributed by atoms with van der Waals surface area (Å²) in [6.07, 6.45) is -1.45. The number of aromatic hydroxyl groups is 1. The Labute approximate surface area is 308 Å². The highest BCUT2D eigenvalue weighted by Crippen LogP contribution is 2.11. The number of phenolic OH excluding ortho intramolecular Hbond substituents is 1. The van der Waals surface area contributed by atoms with Crippen molar-refractivity contribution in [3.63, 3.8) is 0 Å². The highest BCUT2D eigenvalue weighted by atomic mass is 32.1. The fraction of sp³-hybridized carbons (Fsp3) is 0.517. The molecule has 23 heteroatoms. The van der Waals surface area contributed by atoms with E-state index < -0.39 is 116 Å². The molecule has 0 aliphatic carbocycles. The molecule has 1 aromatic rings. The zero-order chi connectivity index (χ0) is 39.5. The number of aliphatic carboxylic acids is 1. The SMILES string of the molecule is C[C@@H](O)[C@H](NC(=O)CNC(=O)[C@H](CS)NC(=O)CNC(=O)[C@@H](N)Cc1ccc(O)cc1)C(=O)N[C@@H](CO)C(=O)N[C@@H](CS)C(=O)N[C@@H](CO)C(=O)O. The van der Waals surface area contributed by atoms with Gasteiger partial charge in [0.1, 0.15) is 36.0 Å². The topological polar surface area (TPSA) is 348 Å². The molecule has 0 bridgehead atoms. The van der Waals surface area contributed by atoms with E-state index in [-0.39, 0.29) is 23.7 Å². The van der Waals surface area contributed by atoms with Crippen LogP contribution in [-0.2, 0) is 44.8 Å². The maximum Gasteiger partial charge on any atom is 0.328 e. The molecule has 1 rings (SSSR count). The number of carbonyl (C=O) groups is 8. The van der Waals surface area contributed by atoms with Crippen LogP contribution in [0.15, 0.2) is 24.3 Å². The number of amides is 7. The summed E-state index contributed by atoms with van der Waals surface area (Å²) in [4.78, 5) is 98.8. The first-order valence-electron chi connectivity index (χ1n) is 15.4. The molecule has 0 aliphatic rings. The molecule has 290 valence electrons. The van der Waals surface area contributed by atoms with Gasteiger partial charge in [0.25, 0.3) is 0 Å². The van der Waals surface area contributed by atoms with Gasteiger partial charge in [0.15, 0.2) is 0 Å². The summed E-state index contributed by atoms with van der Waals surface area (Å²) in [6.45, 7) is -2.16. The van der Waals surface area contributed by atoms with E-state index in [2.05, 4.69) is 57.2 Å². The van der Waals surface area contributed by atoms with Gasteiger partial charge in [-0.25, -0.2) is 4.79 Å². The van der Waals surface area contributed by atoms with E-state index in [1.165, 1.54) is 12.1 Å². The summed E-state index contributed by atoms with van der Waals surface area (Å²) >= 11 is 7.92. The standard InChI is InChI=1S/C29H44N8O13S2/c1-13(40)23(28(48)34-17(9-38)26(46)36-20(12-52)27(47)35-18(10-39)29(49)50)37-22(43)8-32-25(45)19(11-51)33-21(42)7-31-24(44)16(30)6-14-2-4-15(41)5-3-14/h2-5,13,16-20,23,38-41,51-52H,6-12,30H2,1H3,(H,31,44)(H,32,45)(H,33,42)(H,34,48)(H,35,47)(H,36,46)(H,37,43)(H,49,50)/t13-,16+,17+,18+,19+,20+,23+/m1/s1. The number of hydrogen-bond donors (Lipinski definition) is 15. The lowest BCUT2D eigenvalue weighted by atomic mass is 10.1. The van der Waals surface area contributed by atoms with Crippen molar-refractivity contribution in [3.05, 3.63) is 29.8 Å². The molecule has 0 saturated carbocycles. The largest absolute Gasteiger partial charge is 0.508 e. The normalized spacial score (nSPS) is 14.8. The molecule has 0 unspecified atom stereocenters. The van der Waals surface area contributed by atoms with Crippen molar-refractivity contribution in [1.82, 2.24) is 37.2 Å². The predicted molar refractivity (Wildman–Crippen MR) is 187 cm³/mol. The second-order valence-corrected chi connectivity index (χ2v) is 11.8. The fourth-order valence-electron chi connectivity index (χ4n) is 4.02. The Morgan fingerprint density at radius 1 is 0.673 bits per heavy atom. The van der Waals surface area contributed by atoms with Gasteiger partial charge < -0.3 is 68.5 Å². The van der Waals surface area contributed by atoms with Crippen molar-refractivity contribution in [2.75, 3.05) is 37.8 Å². The number of phenols is 1. The van der Waals surface area contributed by atoms with Crippen molar-refractivity contribution in [2.45, 2.75) is 55.7 Å². The zero-order valence-corrected chi connectivity index (χ0v) is 29.6. The highest BCUT2D eigenvalue weighted by molar-refractivity contribution is 7.80. The number of aliphatic hydroxyl groups is 3. The summed E-state index contributed by atoms with van der Waals surface area (Å²) in [5, 5.41) is 62.5. The summed E-state index contributed by atoms with van der Waals surface area (Å²) in [5.74, 6) is -8.74. The first-order valence-corrected chi connectivity index (χ1v) is 16.7. The van der Waals surface area contributed by atoms with Crippen LogP contribution < -0.4 is 43.0 Å². The minimum Gasteiger partial charge on any atom is -0.508 e. The van der Waals surface area contributed by atoms with Gasteiger partial charge in [-0.15, -0.1) is 0 Å². The summed E-state index contributed by atoms with van der Waals surface area (Å²) in [7, 11) is 0.